The van der Waals surface area contributed by atoms with E-state index in [0.717, 1.165) is 48.6 Å². The highest BCUT2D eigenvalue weighted by atomic mass is 32.2. The van der Waals surface area contributed by atoms with Gasteiger partial charge in [-0.1, -0.05) is 53.4 Å². The van der Waals surface area contributed by atoms with Gasteiger partial charge in [0.15, 0.2) is 4.34 Å². The lowest BCUT2D eigenvalue weighted by atomic mass is 10.1. The molecule has 0 unspecified atom stereocenters. The standard InChI is InChI=1S/C17H22N4O2S2/c22-15(18-8-4-7-14-5-2-1-3-6-14)13-24-17-20-19-16(25-17)21-9-11-23-12-10-21/h1-3,5-6H,4,7-13H2,(H,18,22). The first-order valence-electron chi connectivity index (χ1n) is 8.41. The Hall–Kier alpha value is -1.64. The molecule has 0 saturated carbocycles. The second-order valence-corrected chi connectivity index (χ2v) is 7.86. The minimum Gasteiger partial charge on any atom is -0.378 e. The molecule has 2 heterocycles. The highest BCUT2D eigenvalue weighted by molar-refractivity contribution is 8.01. The second-order valence-electron chi connectivity index (χ2n) is 5.68. The number of hydrogen-bond donors (Lipinski definition) is 1. The van der Waals surface area contributed by atoms with E-state index in [1.54, 1.807) is 0 Å². The van der Waals surface area contributed by atoms with Gasteiger partial charge in [-0.2, -0.15) is 0 Å². The summed E-state index contributed by atoms with van der Waals surface area (Å²) in [5, 5.41) is 12.3. The van der Waals surface area contributed by atoms with Gasteiger partial charge in [0.1, 0.15) is 0 Å². The summed E-state index contributed by atoms with van der Waals surface area (Å²) in [5.41, 5.74) is 1.30. The van der Waals surface area contributed by atoms with Crippen molar-refractivity contribution in [3.05, 3.63) is 35.9 Å². The Kier molecular flexibility index (Phi) is 7.08. The summed E-state index contributed by atoms with van der Waals surface area (Å²) in [4.78, 5) is 14.1. The monoisotopic (exact) mass is 378 g/mol. The van der Waals surface area contributed by atoms with Crippen LogP contribution in [0.15, 0.2) is 34.7 Å². The molecule has 1 aromatic heterocycles. The zero-order chi connectivity index (χ0) is 17.3. The van der Waals surface area contributed by atoms with Crippen LogP contribution in [0.5, 0.6) is 0 Å². The topological polar surface area (TPSA) is 67.4 Å². The molecule has 3 rings (SSSR count). The van der Waals surface area contributed by atoms with E-state index >= 15 is 0 Å². The number of benzene rings is 1. The van der Waals surface area contributed by atoms with Gasteiger partial charge in [-0.05, 0) is 18.4 Å². The molecule has 1 amide bonds. The molecule has 1 fully saturated rings. The highest BCUT2D eigenvalue weighted by Crippen LogP contribution is 2.28. The highest BCUT2D eigenvalue weighted by Gasteiger charge is 2.16. The van der Waals surface area contributed by atoms with Crippen molar-refractivity contribution in [2.24, 2.45) is 0 Å². The fourth-order valence-corrected chi connectivity index (χ4v) is 4.21. The second kappa shape index (κ2) is 9.74. The molecule has 1 saturated heterocycles. The summed E-state index contributed by atoms with van der Waals surface area (Å²) in [7, 11) is 0. The zero-order valence-corrected chi connectivity index (χ0v) is 15.7. The Morgan fingerprint density at radius 2 is 2.04 bits per heavy atom. The maximum Gasteiger partial charge on any atom is 0.230 e. The van der Waals surface area contributed by atoms with Crippen LogP contribution >= 0.6 is 23.1 Å². The van der Waals surface area contributed by atoms with Crippen molar-refractivity contribution < 1.29 is 9.53 Å². The molecule has 134 valence electrons. The number of nitrogens with zero attached hydrogens (tertiary/aromatic N) is 3. The number of hydrogen-bond acceptors (Lipinski definition) is 7. The summed E-state index contributed by atoms with van der Waals surface area (Å²) < 4.78 is 6.17. The minimum atomic E-state index is 0.0428. The summed E-state index contributed by atoms with van der Waals surface area (Å²) in [6.45, 7) is 3.85. The number of aryl methyl sites for hydroxylation is 1. The van der Waals surface area contributed by atoms with Gasteiger partial charge in [0.25, 0.3) is 0 Å². The van der Waals surface area contributed by atoms with Gasteiger partial charge >= 0.3 is 0 Å². The molecule has 0 atom stereocenters. The number of anilines is 1. The Labute approximate surface area is 156 Å². The molecule has 6 nitrogen and oxygen atoms in total. The Morgan fingerprint density at radius 3 is 2.84 bits per heavy atom. The number of nitrogens with one attached hydrogen (secondary N) is 1. The number of ether oxygens (including phenoxy) is 1. The third-order valence-electron chi connectivity index (χ3n) is 3.81. The van der Waals surface area contributed by atoms with Crippen LogP contribution in [0.4, 0.5) is 5.13 Å². The van der Waals surface area contributed by atoms with E-state index in [-0.39, 0.29) is 5.91 Å². The van der Waals surface area contributed by atoms with Crippen molar-refractivity contribution in [1.29, 1.82) is 0 Å². The molecule has 0 spiro atoms. The molecule has 8 heteroatoms. The van der Waals surface area contributed by atoms with Crippen LogP contribution in [0.25, 0.3) is 0 Å². The first kappa shape index (κ1) is 18.2. The number of rotatable bonds is 8. The van der Waals surface area contributed by atoms with E-state index in [4.69, 9.17) is 4.74 Å². The molecule has 1 N–H and O–H groups in total. The largest absolute Gasteiger partial charge is 0.378 e. The van der Waals surface area contributed by atoms with Crippen LogP contribution in [-0.2, 0) is 16.0 Å². The third kappa shape index (κ3) is 5.98. The summed E-state index contributed by atoms with van der Waals surface area (Å²) in [6, 6.07) is 10.3. The fraction of sp³-hybridized carbons (Fsp3) is 0.471. The first-order valence-corrected chi connectivity index (χ1v) is 10.2. The molecule has 0 bridgehead atoms. The maximum absolute atomic E-state index is 11.9. The fourth-order valence-electron chi connectivity index (χ4n) is 2.49. The van der Waals surface area contributed by atoms with Gasteiger partial charge in [-0.3, -0.25) is 4.79 Å². The number of amides is 1. The predicted molar refractivity (Wildman–Crippen MR) is 101 cm³/mol. The number of carbonyl (C=O) groups is 1. The van der Waals surface area contributed by atoms with Crippen LogP contribution in [0.1, 0.15) is 12.0 Å². The maximum atomic E-state index is 11.9. The van der Waals surface area contributed by atoms with Crippen LogP contribution in [0.3, 0.4) is 0 Å². The quantitative estimate of drug-likeness (QED) is 0.561. The molecule has 1 aliphatic heterocycles. The van der Waals surface area contributed by atoms with E-state index < -0.39 is 0 Å². The molecule has 25 heavy (non-hydrogen) atoms. The Bertz CT molecular complexity index is 660. The van der Waals surface area contributed by atoms with Crippen molar-refractivity contribution in [2.45, 2.75) is 17.2 Å². The van der Waals surface area contributed by atoms with E-state index in [1.165, 1.54) is 28.7 Å². The molecular weight excluding hydrogens is 356 g/mol. The number of morpholine rings is 1. The minimum absolute atomic E-state index is 0.0428. The lowest BCUT2D eigenvalue weighted by Gasteiger charge is -2.25. The van der Waals surface area contributed by atoms with Crippen LogP contribution in [-0.4, -0.2) is 54.7 Å². The first-order chi connectivity index (χ1) is 12.3. The van der Waals surface area contributed by atoms with Crippen LogP contribution in [0, 0.1) is 0 Å². The third-order valence-corrected chi connectivity index (χ3v) is 5.93. The molecule has 0 radical (unpaired) electrons. The number of aromatic nitrogens is 2. The van der Waals surface area contributed by atoms with Gasteiger partial charge in [0, 0.05) is 19.6 Å². The Morgan fingerprint density at radius 1 is 1.24 bits per heavy atom. The van der Waals surface area contributed by atoms with E-state index in [2.05, 4.69) is 32.5 Å². The molecule has 1 aromatic carbocycles. The van der Waals surface area contributed by atoms with E-state index in [1.807, 2.05) is 18.2 Å². The van der Waals surface area contributed by atoms with Gasteiger partial charge < -0.3 is 15.0 Å². The Balaban J connectivity index is 1.33. The van der Waals surface area contributed by atoms with Gasteiger partial charge in [-0.15, -0.1) is 10.2 Å². The van der Waals surface area contributed by atoms with Crippen LogP contribution in [0.2, 0.25) is 0 Å². The lowest BCUT2D eigenvalue weighted by molar-refractivity contribution is -0.118. The smallest absolute Gasteiger partial charge is 0.230 e. The van der Waals surface area contributed by atoms with E-state index in [0.29, 0.717) is 12.3 Å². The van der Waals surface area contributed by atoms with Gasteiger partial charge in [0.2, 0.25) is 11.0 Å². The molecule has 0 aliphatic carbocycles. The summed E-state index contributed by atoms with van der Waals surface area (Å²) in [6.07, 6.45) is 1.92. The van der Waals surface area contributed by atoms with Crippen molar-refractivity contribution in [1.82, 2.24) is 15.5 Å². The summed E-state index contributed by atoms with van der Waals surface area (Å²) >= 11 is 2.98. The SMILES string of the molecule is O=C(CSc1nnc(N2CCOCC2)s1)NCCCc1ccccc1. The lowest BCUT2D eigenvalue weighted by Crippen LogP contribution is -2.36. The van der Waals surface area contributed by atoms with Gasteiger partial charge in [-0.25, -0.2) is 0 Å². The van der Waals surface area contributed by atoms with Crippen molar-refractivity contribution in [3.8, 4) is 0 Å². The van der Waals surface area contributed by atoms with Gasteiger partial charge in [0.05, 0.1) is 19.0 Å². The van der Waals surface area contributed by atoms with Crippen molar-refractivity contribution in [3.63, 3.8) is 0 Å². The average molecular weight is 379 g/mol. The normalized spacial score (nSPS) is 14.5. The number of carbonyl (C=O) groups excluding carboxylic acids is 1. The van der Waals surface area contributed by atoms with Crippen molar-refractivity contribution in [2.75, 3.05) is 43.5 Å². The summed E-state index contributed by atoms with van der Waals surface area (Å²) in [5.74, 6) is 0.421. The molecule has 2 aromatic rings. The van der Waals surface area contributed by atoms with Crippen molar-refractivity contribution >= 4 is 34.1 Å². The molecule has 1 aliphatic rings. The average Bonchev–Trinajstić information content (AvgIpc) is 3.14. The number of thioether (sulfide) groups is 1. The van der Waals surface area contributed by atoms with E-state index in [9.17, 15) is 4.79 Å². The molecular formula is C17H22N4O2S2. The predicted octanol–water partition coefficient (Wildman–Crippen LogP) is 2.22. The van der Waals surface area contributed by atoms with Crippen LogP contribution < -0.4 is 10.2 Å². The zero-order valence-electron chi connectivity index (χ0n) is 14.0.